The van der Waals surface area contributed by atoms with Gasteiger partial charge in [-0.3, -0.25) is 4.79 Å². The second-order valence-electron chi connectivity index (χ2n) is 12.5. The number of likely N-dealkylation sites (tertiary alicyclic amines) is 1. The Hall–Kier alpha value is -2.75. The molecule has 0 spiro atoms. The van der Waals surface area contributed by atoms with Gasteiger partial charge in [0.2, 0.25) is 0 Å². The van der Waals surface area contributed by atoms with E-state index in [0.717, 1.165) is 49.0 Å². The molecule has 0 bridgehead atoms. The molecule has 1 amide bonds. The van der Waals surface area contributed by atoms with Gasteiger partial charge in [-0.05, 0) is 86.0 Å². The van der Waals surface area contributed by atoms with Crippen LogP contribution in [0.3, 0.4) is 0 Å². The van der Waals surface area contributed by atoms with E-state index in [1.54, 1.807) is 6.07 Å². The first-order valence-corrected chi connectivity index (χ1v) is 17.9. The summed E-state index contributed by atoms with van der Waals surface area (Å²) in [5.41, 5.74) is 3.86. The summed E-state index contributed by atoms with van der Waals surface area (Å²) in [6.07, 6.45) is 12.4. The maximum atomic E-state index is 13.4. The van der Waals surface area contributed by atoms with E-state index in [-0.39, 0.29) is 18.3 Å². The Kier molecular flexibility index (Phi) is 12.2. The molecule has 1 aliphatic carbocycles. The highest BCUT2D eigenvalue weighted by Crippen LogP contribution is 2.31. The molecule has 1 heterocycles. The van der Waals surface area contributed by atoms with E-state index >= 15 is 0 Å². The monoisotopic (exact) mass is 612 g/mol. The lowest BCUT2D eigenvalue weighted by Gasteiger charge is -2.33. The number of carbonyl (C=O) groups excluding carboxylic acids is 1. The minimum atomic E-state index is -3.38. The molecule has 236 valence electrons. The zero-order chi connectivity index (χ0) is 30.8. The summed E-state index contributed by atoms with van der Waals surface area (Å²) in [6.45, 7) is 5.62. The Morgan fingerprint density at radius 2 is 1.70 bits per heavy atom. The van der Waals surface area contributed by atoms with Crippen LogP contribution < -0.4 is 5.32 Å². The summed E-state index contributed by atoms with van der Waals surface area (Å²) >= 11 is 0. The lowest BCUT2D eigenvalue weighted by molar-refractivity contribution is -0.139. The van der Waals surface area contributed by atoms with E-state index in [1.165, 1.54) is 51.4 Å². The number of carboxylic acids is 1. The Bertz CT molecular complexity index is 1310. The number of carbonyl (C=O) groups is 2. The summed E-state index contributed by atoms with van der Waals surface area (Å²) in [6, 6.07) is 12.0. The number of ether oxygens (including phenoxy) is 1. The molecule has 2 aromatic rings. The van der Waals surface area contributed by atoms with Gasteiger partial charge in [0.25, 0.3) is 5.91 Å². The quantitative estimate of drug-likeness (QED) is 0.285. The molecular weight excluding hydrogens is 564 g/mol. The molecule has 43 heavy (non-hydrogen) atoms. The number of hydrogen-bond donors (Lipinski definition) is 2. The first-order valence-electron chi connectivity index (χ1n) is 15.8. The average molecular weight is 613 g/mol. The van der Waals surface area contributed by atoms with Crippen LogP contribution >= 0.6 is 0 Å². The van der Waals surface area contributed by atoms with Crippen molar-refractivity contribution >= 4 is 21.7 Å². The third-order valence-corrected chi connectivity index (χ3v) is 9.84. The smallest absolute Gasteiger partial charge is 0.326 e. The minimum absolute atomic E-state index is 0.150. The number of hydrogen-bond acceptors (Lipinski definition) is 6. The van der Waals surface area contributed by atoms with Crippen molar-refractivity contribution in [3.05, 3.63) is 59.2 Å². The van der Waals surface area contributed by atoms with Crippen molar-refractivity contribution in [3.63, 3.8) is 0 Å². The lowest BCUT2D eigenvalue weighted by Crippen LogP contribution is -2.42. The molecule has 0 radical (unpaired) electrons. The number of benzene rings is 2. The first-order chi connectivity index (χ1) is 20.6. The van der Waals surface area contributed by atoms with Crippen LogP contribution in [0.25, 0.3) is 11.1 Å². The molecule has 2 aliphatic rings. The van der Waals surface area contributed by atoms with Gasteiger partial charge in [0.1, 0.15) is 15.9 Å². The summed E-state index contributed by atoms with van der Waals surface area (Å²) in [5.74, 6) is -1.43. The number of carboxylic acid groups (broad SMARTS) is 1. The number of amides is 1. The fraction of sp³-hybridized carbons (Fsp3) is 0.588. The minimum Gasteiger partial charge on any atom is -0.480 e. The molecule has 0 aromatic heterocycles. The number of aryl methyl sites for hydroxylation is 1. The summed E-state index contributed by atoms with van der Waals surface area (Å²) < 4.78 is 29.9. The summed E-state index contributed by atoms with van der Waals surface area (Å²) in [7, 11) is -3.38. The number of nitrogens with zero attached hydrogens (tertiary/aromatic N) is 1. The van der Waals surface area contributed by atoms with Gasteiger partial charge in [-0.25, -0.2) is 13.2 Å². The molecule has 1 aliphatic heterocycles. The van der Waals surface area contributed by atoms with E-state index in [0.29, 0.717) is 23.7 Å². The molecular formula is C34H48N2O6S. The van der Waals surface area contributed by atoms with Gasteiger partial charge in [-0.2, -0.15) is 0 Å². The first kappa shape index (κ1) is 33.1. The van der Waals surface area contributed by atoms with Crippen molar-refractivity contribution in [3.8, 4) is 11.1 Å². The number of rotatable bonds is 14. The number of piperidine rings is 1. The standard InChI is InChI=1S/C34H48N2O6S/c1-25-11-7-8-14-29(25)31-22-27(15-16-30(31)33(37)35-32(34(38)39)17-20-43(2,40)41)24-42-28(21-26-12-5-3-6-13-26)23-36-18-9-4-10-19-36/h7-8,11,14-16,22,26,28,32H,3-6,9-10,12-13,17-21,23-24H2,1-2H3,(H,35,37)(H,38,39)/t28?,32-/m0/s1. The highest BCUT2D eigenvalue weighted by Gasteiger charge is 2.26. The third-order valence-electron chi connectivity index (χ3n) is 8.86. The van der Waals surface area contributed by atoms with Gasteiger partial charge in [0, 0.05) is 18.4 Å². The van der Waals surface area contributed by atoms with Crippen molar-refractivity contribution < 1.29 is 27.9 Å². The molecule has 2 fully saturated rings. The fourth-order valence-corrected chi connectivity index (χ4v) is 7.10. The lowest BCUT2D eigenvalue weighted by atomic mass is 9.85. The van der Waals surface area contributed by atoms with Gasteiger partial charge in [0.05, 0.1) is 18.5 Å². The van der Waals surface area contributed by atoms with Crippen LogP contribution in [-0.4, -0.2) is 74.1 Å². The Labute approximate surface area is 257 Å². The molecule has 4 rings (SSSR count). The van der Waals surface area contributed by atoms with Crippen molar-refractivity contribution in [2.75, 3.05) is 31.6 Å². The van der Waals surface area contributed by atoms with Gasteiger partial charge >= 0.3 is 5.97 Å². The van der Waals surface area contributed by atoms with Crippen molar-refractivity contribution in [1.82, 2.24) is 10.2 Å². The van der Waals surface area contributed by atoms with Crippen LogP contribution in [-0.2, 0) is 26.0 Å². The molecule has 9 heteroatoms. The zero-order valence-corrected chi connectivity index (χ0v) is 26.5. The fourth-order valence-electron chi connectivity index (χ4n) is 6.44. The van der Waals surface area contributed by atoms with Crippen LogP contribution in [0, 0.1) is 12.8 Å². The van der Waals surface area contributed by atoms with Crippen molar-refractivity contribution in [2.45, 2.75) is 89.9 Å². The predicted molar refractivity (Wildman–Crippen MR) is 170 cm³/mol. The van der Waals surface area contributed by atoms with Crippen LogP contribution in [0.1, 0.15) is 85.7 Å². The molecule has 1 unspecified atom stereocenters. The van der Waals surface area contributed by atoms with E-state index in [1.807, 2.05) is 43.3 Å². The zero-order valence-electron chi connectivity index (χ0n) is 25.7. The number of nitrogens with one attached hydrogen (secondary N) is 1. The Balaban J connectivity index is 1.54. The normalized spacial score (nSPS) is 18.2. The Morgan fingerprint density at radius 3 is 2.37 bits per heavy atom. The maximum Gasteiger partial charge on any atom is 0.326 e. The molecule has 8 nitrogen and oxygen atoms in total. The van der Waals surface area contributed by atoms with Crippen LogP contribution in [0.5, 0.6) is 0 Å². The van der Waals surface area contributed by atoms with Crippen LogP contribution in [0.4, 0.5) is 0 Å². The highest BCUT2D eigenvalue weighted by atomic mass is 32.2. The summed E-state index contributed by atoms with van der Waals surface area (Å²) in [4.78, 5) is 27.8. The number of aliphatic carboxylic acids is 1. The second kappa shape index (κ2) is 15.8. The van der Waals surface area contributed by atoms with E-state index in [4.69, 9.17) is 4.74 Å². The molecule has 1 saturated carbocycles. The average Bonchev–Trinajstić information content (AvgIpc) is 2.98. The molecule has 2 N–H and O–H groups in total. The predicted octanol–water partition coefficient (Wildman–Crippen LogP) is 5.62. The second-order valence-corrected chi connectivity index (χ2v) is 14.8. The SMILES string of the molecule is Cc1ccccc1-c1cc(COC(CC2CCCCC2)CN2CCCCC2)ccc1C(=O)N[C@@H](CCS(C)(=O)=O)C(=O)O. The largest absolute Gasteiger partial charge is 0.480 e. The van der Waals surface area contributed by atoms with Crippen LogP contribution in [0.15, 0.2) is 42.5 Å². The van der Waals surface area contributed by atoms with Gasteiger partial charge < -0.3 is 20.1 Å². The van der Waals surface area contributed by atoms with Crippen LogP contribution in [0.2, 0.25) is 0 Å². The van der Waals surface area contributed by atoms with Crippen molar-refractivity contribution in [2.24, 2.45) is 5.92 Å². The topological polar surface area (TPSA) is 113 Å². The molecule has 2 atom stereocenters. The Morgan fingerprint density at radius 1 is 1.00 bits per heavy atom. The van der Waals surface area contributed by atoms with Gasteiger partial charge in [-0.15, -0.1) is 0 Å². The van der Waals surface area contributed by atoms with E-state index < -0.39 is 27.8 Å². The molecule has 2 aromatic carbocycles. The third kappa shape index (κ3) is 10.4. The van der Waals surface area contributed by atoms with E-state index in [9.17, 15) is 23.1 Å². The highest BCUT2D eigenvalue weighted by molar-refractivity contribution is 7.90. The summed E-state index contributed by atoms with van der Waals surface area (Å²) in [5, 5.41) is 12.2. The van der Waals surface area contributed by atoms with E-state index in [2.05, 4.69) is 10.2 Å². The van der Waals surface area contributed by atoms with Gasteiger partial charge in [-0.1, -0.05) is 68.9 Å². The number of sulfone groups is 1. The van der Waals surface area contributed by atoms with Crippen molar-refractivity contribution in [1.29, 1.82) is 0 Å². The van der Waals surface area contributed by atoms with Gasteiger partial charge in [0.15, 0.2) is 0 Å². The molecule has 1 saturated heterocycles. The maximum absolute atomic E-state index is 13.4.